The maximum Gasteiger partial charge on any atom is 0.307 e. The average molecular weight is 254 g/mol. The summed E-state index contributed by atoms with van der Waals surface area (Å²) < 4.78 is 2.04. The standard InChI is InChI=1S/C12H18N2O2S/c1-8-11(6-12(15)16)9(2)14(13-8)10-4-3-5-17-7-10/h10H,3-7H2,1-2H3,(H,15,16). The molecule has 0 aromatic carbocycles. The fourth-order valence-electron chi connectivity index (χ4n) is 2.38. The Hall–Kier alpha value is -0.970. The predicted octanol–water partition coefficient (Wildman–Crippen LogP) is 2.20. The maximum atomic E-state index is 10.8. The normalized spacial score (nSPS) is 20.5. The monoisotopic (exact) mass is 254 g/mol. The number of hydrogen-bond acceptors (Lipinski definition) is 3. The Kier molecular flexibility index (Phi) is 3.76. The number of rotatable bonds is 3. The first-order valence-corrected chi connectivity index (χ1v) is 7.09. The fraction of sp³-hybridized carbons (Fsp3) is 0.667. The van der Waals surface area contributed by atoms with Crippen molar-refractivity contribution in [1.29, 1.82) is 0 Å². The summed E-state index contributed by atoms with van der Waals surface area (Å²) in [5.74, 6) is 1.54. The molecule has 0 aliphatic carbocycles. The van der Waals surface area contributed by atoms with Crippen LogP contribution in [-0.4, -0.2) is 32.4 Å². The second kappa shape index (κ2) is 5.12. The van der Waals surface area contributed by atoms with Gasteiger partial charge in [0.05, 0.1) is 18.2 Å². The molecule has 0 amide bonds. The highest BCUT2D eigenvalue weighted by atomic mass is 32.2. The number of carboxylic acid groups (broad SMARTS) is 1. The van der Waals surface area contributed by atoms with Crippen molar-refractivity contribution >= 4 is 17.7 Å². The van der Waals surface area contributed by atoms with Gasteiger partial charge >= 0.3 is 5.97 Å². The van der Waals surface area contributed by atoms with E-state index in [1.165, 1.54) is 12.2 Å². The number of aromatic nitrogens is 2. The van der Waals surface area contributed by atoms with Crippen molar-refractivity contribution in [3.8, 4) is 0 Å². The summed E-state index contributed by atoms with van der Waals surface area (Å²) in [6.07, 6.45) is 2.46. The van der Waals surface area contributed by atoms with Gasteiger partial charge in [0, 0.05) is 17.0 Å². The SMILES string of the molecule is Cc1nn(C2CCCSC2)c(C)c1CC(=O)O. The van der Waals surface area contributed by atoms with Gasteiger partial charge in [0.25, 0.3) is 0 Å². The quantitative estimate of drug-likeness (QED) is 0.898. The van der Waals surface area contributed by atoms with E-state index in [4.69, 9.17) is 5.11 Å². The van der Waals surface area contributed by atoms with E-state index in [-0.39, 0.29) is 6.42 Å². The van der Waals surface area contributed by atoms with Crippen molar-refractivity contribution in [1.82, 2.24) is 9.78 Å². The fourth-order valence-corrected chi connectivity index (χ4v) is 3.49. The summed E-state index contributed by atoms with van der Waals surface area (Å²) in [5.41, 5.74) is 2.77. The third kappa shape index (κ3) is 2.65. The highest BCUT2D eigenvalue weighted by Crippen LogP contribution is 2.29. The molecule has 1 aliphatic heterocycles. The molecule has 17 heavy (non-hydrogen) atoms. The van der Waals surface area contributed by atoms with E-state index in [2.05, 4.69) is 5.10 Å². The van der Waals surface area contributed by atoms with Crippen LogP contribution in [0.15, 0.2) is 0 Å². The Morgan fingerprint density at radius 3 is 2.94 bits per heavy atom. The third-order valence-electron chi connectivity index (χ3n) is 3.28. The molecule has 1 saturated heterocycles. The molecule has 1 atom stereocenters. The van der Waals surface area contributed by atoms with Crippen molar-refractivity contribution in [2.45, 2.75) is 39.2 Å². The van der Waals surface area contributed by atoms with Crippen LogP contribution in [0.5, 0.6) is 0 Å². The Morgan fingerprint density at radius 2 is 2.35 bits per heavy atom. The molecule has 1 aromatic heterocycles. The zero-order valence-electron chi connectivity index (χ0n) is 10.3. The molecule has 0 spiro atoms. The Morgan fingerprint density at radius 1 is 1.59 bits per heavy atom. The van der Waals surface area contributed by atoms with Crippen LogP contribution >= 0.6 is 11.8 Å². The molecule has 0 saturated carbocycles. The first-order chi connectivity index (χ1) is 8.09. The molecule has 5 heteroatoms. The molecule has 1 N–H and O–H groups in total. The van der Waals surface area contributed by atoms with Crippen molar-refractivity contribution in [2.24, 2.45) is 0 Å². The van der Waals surface area contributed by atoms with Crippen molar-refractivity contribution in [2.75, 3.05) is 11.5 Å². The molecule has 0 radical (unpaired) electrons. The van der Waals surface area contributed by atoms with Gasteiger partial charge in [0.2, 0.25) is 0 Å². The van der Waals surface area contributed by atoms with Gasteiger partial charge in [0.1, 0.15) is 0 Å². The zero-order chi connectivity index (χ0) is 12.4. The van der Waals surface area contributed by atoms with Gasteiger partial charge in [-0.15, -0.1) is 0 Å². The number of hydrogen-bond donors (Lipinski definition) is 1. The van der Waals surface area contributed by atoms with Crippen molar-refractivity contribution < 1.29 is 9.90 Å². The van der Waals surface area contributed by atoms with Gasteiger partial charge in [0.15, 0.2) is 0 Å². The van der Waals surface area contributed by atoms with Gasteiger partial charge in [-0.3, -0.25) is 9.48 Å². The van der Waals surface area contributed by atoms with Gasteiger partial charge in [-0.25, -0.2) is 0 Å². The summed E-state index contributed by atoms with van der Waals surface area (Å²) in [4.78, 5) is 10.8. The molecule has 1 aromatic rings. The molecule has 1 aliphatic rings. The lowest BCUT2D eigenvalue weighted by molar-refractivity contribution is -0.136. The summed E-state index contributed by atoms with van der Waals surface area (Å²) in [6, 6.07) is 0.440. The minimum absolute atomic E-state index is 0.0809. The third-order valence-corrected chi connectivity index (χ3v) is 4.48. The first-order valence-electron chi connectivity index (χ1n) is 5.93. The number of carbonyl (C=O) groups is 1. The molecular formula is C12H18N2O2S. The van der Waals surface area contributed by atoms with Crippen LogP contribution in [0.1, 0.15) is 35.8 Å². The summed E-state index contributed by atoms with van der Waals surface area (Å²) in [7, 11) is 0. The van der Waals surface area contributed by atoms with E-state index in [9.17, 15) is 4.79 Å². The average Bonchev–Trinajstić information content (AvgIpc) is 2.58. The topological polar surface area (TPSA) is 55.1 Å². The highest BCUT2D eigenvalue weighted by Gasteiger charge is 2.21. The number of thioether (sulfide) groups is 1. The summed E-state index contributed by atoms with van der Waals surface area (Å²) in [5, 5.41) is 13.4. The van der Waals surface area contributed by atoms with Crippen LogP contribution < -0.4 is 0 Å². The first kappa shape index (κ1) is 12.5. The van der Waals surface area contributed by atoms with Crippen LogP contribution in [0.2, 0.25) is 0 Å². The van der Waals surface area contributed by atoms with E-state index in [0.29, 0.717) is 6.04 Å². The Bertz CT molecular complexity index is 422. The van der Waals surface area contributed by atoms with E-state index in [1.54, 1.807) is 0 Å². The molecule has 2 heterocycles. The summed E-state index contributed by atoms with van der Waals surface area (Å²) >= 11 is 1.96. The number of aliphatic carboxylic acids is 1. The second-order valence-electron chi connectivity index (χ2n) is 4.54. The van der Waals surface area contributed by atoms with Crippen LogP contribution in [0.3, 0.4) is 0 Å². The van der Waals surface area contributed by atoms with Gasteiger partial charge < -0.3 is 5.11 Å². The minimum atomic E-state index is -0.784. The maximum absolute atomic E-state index is 10.8. The van der Waals surface area contributed by atoms with Gasteiger partial charge in [-0.1, -0.05) is 0 Å². The van der Waals surface area contributed by atoms with E-state index < -0.39 is 5.97 Å². The van der Waals surface area contributed by atoms with Crippen LogP contribution in [-0.2, 0) is 11.2 Å². The van der Waals surface area contributed by atoms with Crippen LogP contribution in [0.25, 0.3) is 0 Å². The largest absolute Gasteiger partial charge is 0.481 e. The zero-order valence-corrected chi connectivity index (χ0v) is 11.1. The van der Waals surface area contributed by atoms with Crippen molar-refractivity contribution in [3.05, 3.63) is 17.0 Å². The van der Waals surface area contributed by atoms with Gasteiger partial charge in [-0.2, -0.15) is 16.9 Å². The number of carboxylic acids is 1. The Balaban J connectivity index is 2.26. The lowest BCUT2D eigenvalue weighted by atomic mass is 10.1. The molecule has 2 rings (SSSR count). The highest BCUT2D eigenvalue weighted by molar-refractivity contribution is 7.99. The van der Waals surface area contributed by atoms with Gasteiger partial charge in [-0.05, 0) is 32.4 Å². The molecule has 1 unspecified atom stereocenters. The van der Waals surface area contributed by atoms with E-state index in [0.717, 1.165) is 29.1 Å². The molecule has 0 bridgehead atoms. The lowest BCUT2D eigenvalue weighted by Gasteiger charge is -2.23. The molecular weight excluding hydrogens is 236 g/mol. The Labute approximate surface area is 105 Å². The predicted molar refractivity (Wildman–Crippen MR) is 68.6 cm³/mol. The van der Waals surface area contributed by atoms with Crippen molar-refractivity contribution in [3.63, 3.8) is 0 Å². The molecule has 1 fully saturated rings. The number of nitrogens with zero attached hydrogens (tertiary/aromatic N) is 2. The lowest BCUT2D eigenvalue weighted by Crippen LogP contribution is -2.18. The number of aryl methyl sites for hydroxylation is 1. The molecule has 4 nitrogen and oxygen atoms in total. The van der Waals surface area contributed by atoms with E-state index >= 15 is 0 Å². The van der Waals surface area contributed by atoms with Crippen LogP contribution in [0, 0.1) is 13.8 Å². The smallest absolute Gasteiger partial charge is 0.307 e. The van der Waals surface area contributed by atoms with Crippen LogP contribution in [0.4, 0.5) is 0 Å². The summed E-state index contributed by atoms with van der Waals surface area (Å²) in [6.45, 7) is 3.88. The second-order valence-corrected chi connectivity index (χ2v) is 5.69. The minimum Gasteiger partial charge on any atom is -0.481 e. The van der Waals surface area contributed by atoms with E-state index in [1.807, 2.05) is 30.3 Å². The molecule has 94 valence electrons.